The minimum Gasteiger partial charge on any atom is -0.428 e. The van der Waals surface area contributed by atoms with E-state index in [0.717, 1.165) is 0 Å². The molecule has 1 aromatic carbocycles. The molecule has 0 bridgehead atoms. The zero-order valence-electron chi connectivity index (χ0n) is 13.5. The van der Waals surface area contributed by atoms with Crippen LogP contribution in [0.4, 0.5) is 71.5 Å². The molecule has 0 amide bonds. The van der Waals surface area contributed by atoms with Gasteiger partial charge >= 0.3 is 41.9 Å². The van der Waals surface area contributed by atoms with Crippen molar-refractivity contribution in [3.05, 3.63) is 24.3 Å². The Morgan fingerprint density at radius 3 is 1.20 bits per heavy atom. The number of hydrogen-bond donors (Lipinski definition) is 1. The third-order valence-corrected chi connectivity index (χ3v) is 3.43. The van der Waals surface area contributed by atoms with Crippen LogP contribution in [0.1, 0.15) is 0 Å². The molecular weight excluding hydrogens is 471 g/mol. The molecule has 0 aliphatic rings. The van der Waals surface area contributed by atoms with Gasteiger partial charge in [-0.2, -0.15) is 65.9 Å². The summed E-state index contributed by atoms with van der Waals surface area (Å²) in [5.74, 6) is -42.0. The van der Waals surface area contributed by atoms with Crippen LogP contribution >= 0.6 is 0 Å². The molecule has 0 unspecified atom stereocenters. The molecule has 0 heterocycles. The maximum atomic E-state index is 13.5. The van der Waals surface area contributed by atoms with Gasteiger partial charge < -0.3 is 10.5 Å². The van der Waals surface area contributed by atoms with Crippen molar-refractivity contribution in [3.63, 3.8) is 0 Å². The Kier molecular flexibility index (Phi) is 5.93. The standard InChI is InChI=1S/C13H6F15NO/c14-7(15,8(16,17)10(20,21)12(24,25)26)9(18,19)11(22,23)13(27,28)30-6-3-1-5(29)2-4-6/h1-4H,29H2. The minimum atomic E-state index is -8.35. The number of alkyl halides is 15. The van der Waals surface area contributed by atoms with Crippen molar-refractivity contribution >= 4 is 5.69 Å². The van der Waals surface area contributed by atoms with Gasteiger partial charge in [0.1, 0.15) is 5.75 Å². The van der Waals surface area contributed by atoms with E-state index in [1.165, 1.54) is 0 Å². The van der Waals surface area contributed by atoms with Crippen LogP contribution in [0.3, 0.4) is 0 Å². The molecule has 17 heteroatoms. The summed E-state index contributed by atoms with van der Waals surface area (Å²) >= 11 is 0. The molecule has 0 aliphatic carbocycles. The van der Waals surface area contributed by atoms with Crippen LogP contribution in [-0.2, 0) is 0 Å². The summed E-state index contributed by atoms with van der Waals surface area (Å²) < 4.78 is 197. The molecule has 0 atom stereocenters. The van der Waals surface area contributed by atoms with Crippen LogP contribution in [0.15, 0.2) is 24.3 Å². The summed E-state index contributed by atoms with van der Waals surface area (Å²) in [7, 11) is 0. The summed E-state index contributed by atoms with van der Waals surface area (Å²) in [5, 5.41) is 0. The normalized spacial score (nSPS) is 15.3. The highest BCUT2D eigenvalue weighted by Crippen LogP contribution is 2.62. The first kappa shape index (κ1) is 25.8. The predicted octanol–water partition coefficient (Wildman–Crippen LogP) is 5.98. The Labute approximate surface area is 155 Å². The lowest BCUT2D eigenvalue weighted by atomic mass is 9.93. The second-order valence-electron chi connectivity index (χ2n) is 5.56. The van der Waals surface area contributed by atoms with Gasteiger partial charge in [0.2, 0.25) is 0 Å². The monoisotopic (exact) mass is 477 g/mol. The summed E-state index contributed by atoms with van der Waals surface area (Å²) in [6, 6.07) is 1.91. The van der Waals surface area contributed by atoms with E-state index in [0.29, 0.717) is 24.3 Å². The maximum Gasteiger partial charge on any atom is 0.471 e. The molecule has 0 saturated carbocycles. The van der Waals surface area contributed by atoms with Crippen molar-refractivity contribution < 1.29 is 70.6 Å². The lowest BCUT2D eigenvalue weighted by Crippen LogP contribution is -2.73. The summed E-state index contributed by atoms with van der Waals surface area (Å²) in [6.45, 7) is 0. The van der Waals surface area contributed by atoms with E-state index in [4.69, 9.17) is 5.73 Å². The van der Waals surface area contributed by atoms with Gasteiger partial charge in [-0.15, -0.1) is 0 Å². The first-order valence-electron chi connectivity index (χ1n) is 6.85. The number of nitrogen functional groups attached to an aromatic ring is 1. The van der Waals surface area contributed by atoms with E-state index in [9.17, 15) is 65.9 Å². The summed E-state index contributed by atoms with van der Waals surface area (Å²) in [6.07, 6.45) is -14.5. The zero-order valence-corrected chi connectivity index (χ0v) is 13.5. The van der Waals surface area contributed by atoms with Crippen LogP contribution in [0.25, 0.3) is 0 Å². The molecule has 0 fully saturated rings. The van der Waals surface area contributed by atoms with Crippen molar-refractivity contribution in [1.82, 2.24) is 0 Å². The zero-order chi connectivity index (χ0) is 24.2. The van der Waals surface area contributed by atoms with Gasteiger partial charge in [0, 0.05) is 5.69 Å². The van der Waals surface area contributed by atoms with Gasteiger partial charge in [0.25, 0.3) is 0 Å². The number of halogens is 15. The Balaban J connectivity index is 3.48. The molecule has 0 aromatic heterocycles. The van der Waals surface area contributed by atoms with E-state index >= 15 is 0 Å². The first-order valence-corrected chi connectivity index (χ1v) is 6.85. The second-order valence-corrected chi connectivity index (χ2v) is 5.56. The molecule has 1 aromatic rings. The summed E-state index contributed by atoms with van der Waals surface area (Å²) in [4.78, 5) is 0. The lowest BCUT2D eigenvalue weighted by Gasteiger charge is -2.41. The van der Waals surface area contributed by atoms with E-state index in [1.54, 1.807) is 0 Å². The molecule has 30 heavy (non-hydrogen) atoms. The van der Waals surface area contributed by atoms with Gasteiger partial charge in [0.15, 0.2) is 0 Å². The van der Waals surface area contributed by atoms with Crippen molar-refractivity contribution in [2.24, 2.45) is 0 Å². The van der Waals surface area contributed by atoms with Gasteiger partial charge in [0.05, 0.1) is 0 Å². The average Bonchev–Trinajstić information content (AvgIpc) is 2.54. The van der Waals surface area contributed by atoms with Crippen molar-refractivity contribution in [1.29, 1.82) is 0 Å². The van der Waals surface area contributed by atoms with Crippen LogP contribution in [0, 0.1) is 0 Å². The number of rotatable bonds is 7. The van der Waals surface area contributed by atoms with Crippen LogP contribution in [-0.4, -0.2) is 41.9 Å². The Bertz CT molecular complexity index is 753. The van der Waals surface area contributed by atoms with E-state index in [2.05, 4.69) is 4.74 Å². The smallest absolute Gasteiger partial charge is 0.428 e. The SMILES string of the molecule is Nc1ccc(OC(F)(F)C(F)(F)C(F)(F)C(F)(F)C(F)(F)C(F)(F)C(F)(F)F)cc1. The molecule has 2 N–H and O–H groups in total. The lowest BCUT2D eigenvalue weighted by molar-refractivity contribution is -0.465. The number of benzene rings is 1. The first-order chi connectivity index (χ1) is 13.0. The van der Waals surface area contributed by atoms with Crippen LogP contribution in [0.2, 0.25) is 0 Å². The average molecular weight is 477 g/mol. The van der Waals surface area contributed by atoms with Crippen molar-refractivity contribution in [2.45, 2.75) is 41.9 Å². The Hall–Kier alpha value is -2.23. The molecule has 0 spiro atoms. The third-order valence-electron chi connectivity index (χ3n) is 3.43. The molecule has 174 valence electrons. The highest BCUT2D eigenvalue weighted by molar-refractivity contribution is 5.41. The molecule has 2 nitrogen and oxygen atoms in total. The van der Waals surface area contributed by atoms with Crippen molar-refractivity contribution in [3.8, 4) is 5.75 Å². The topological polar surface area (TPSA) is 35.2 Å². The number of hydrogen-bond acceptors (Lipinski definition) is 2. The van der Waals surface area contributed by atoms with Gasteiger partial charge in [-0.05, 0) is 24.3 Å². The van der Waals surface area contributed by atoms with Gasteiger partial charge in [-0.3, -0.25) is 0 Å². The quantitative estimate of drug-likeness (QED) is 0.388. The fraction of sp³-hybridized carbons (Fsp3) is 0.538. The fourth-order valence-corrected chi connectivity index (χ4v) is 1.70. The number of anilines is 1. The number of ether oxygens (including phenoxy) is 1. The third kappa shape index (κ3) is 3.55. The largest absolute Gasteiger partial charge is 0.471 e. The number of nitrogens with two attached hydrogens (primary N) is 1. The van der Waals surface area contributed by atoms with Gasteiger partial charge in [-0.1, -0.05) is 0 Å². The molecule has 0 radical (unpaired) electrons. The fourth-order valence-electron chi connectivity index (χ4n) is 1.70. The molecule has 1 rings (SSSR count). The predicted molar refractivity (Wildman–Crippen MR) is 67.2 cm³/mol. The minimum absolute atomic E-state index is 0.233. The van der Waals surface area contributed by atoms with E-state index in [-0.39, 0.29) is 5.69 Å². The van der Waals surface area contributed by atoms with E-state index in [1.807, 2.05) is 0 Å². The van der Waals surface area contributed by atoms with E-state index < -0.39 is 47.6 Å². The van der Waals surface area contributed by atoms with Gasteiger partial charge in [-0.25, -0.2) is 0 Å². The maximum absolute atomic E-state index is 13.5. The molecular formula is C13H6F15NO. The Morgan fingerprint density at radius 1 is 0.500 bits per heavy atom. The second kappa shape index (κ2) is 6.90. The van der Waals surface area contributed by atoms with Crippen molar-refractivity contribution in [2.75, 3.05) is 5.73 Å². The highest BCUT2D eigenvalue weighted by atomic mass is 19.4. The highest BCUT2D eigenvalue weighted by Gasteiger charge is 2.94. The molecule has 0 saturated heterocycles. The van der Waals surface area contributed by atoms with Crippen LogP contribution in [0.5, 0.6) is 5.75 Å². The Morgan fingerprint density at radius 2 is 0.833 bits per heavy atom. The summed E-state index contributed by atoms with van der Waals surface area (Å²) in [5.41, 5.74) is 4.84. The van der Waals surface area contributed by atoms with Crippen LogP contribution < -0.4 is 10.5 Å². The molecule has 0 aliphatic heterocycles.